The summed E-state index contributed by atoms with van der Waals surface area (Å²) in [5, 5.41) is 0.314. The average molecular weight is 174 g/mol. The Morgan fingerprint density at radius 1 is 1.55 bits per heavy atom. The van der Waals surface area contributed by atoms with E-state index in [1.54, 1.807) is 0 Å². The summed E-state index contributed by atoms with van der Waals surface area (Å²) in [5.41, 5.74) is 0. The van der Waals surface area contributed by atoms with Gasteiger partial charge in [0.15, 0.2) is 5.90 Å². The van der Waals surface area contributed by atoms with Gasteiger partial charge >= 0.3 is 0 Å². The molecule has 1 aliphatic heterocycles. The molecule has 0 radical (unpaired) electrons. The predicted molar refractivity (Wildman–Crippen MR) is 45.3 cm³/mol. The summed E-state index contributed by atoms with van der Waals surface area (Å²) in [5.74, 6) is 0.839. The lowest BCUT2D eigenvalue weighted by Crippen LogP contribution is -2.30. The van der Waals surface area contributed by atoms with Crippen molar-refractivity contribution in [3.63, 3.8) is 0 Å². The third kappa shape index (κ3) is 1.36. The number of nitrogens with zero attached hydrogens (tertiary/aromatic N) is 1. The Labute approximate surface area is 71.6 Å². The van der Waals surface area contributed by atoms with Crippen LogP contribution in [0.5, 0.6) is 0 Å². The molecule has 0 N–H and O–H groups in total. The summed E-state index contributed by atoms with van der Waals surface area (Å²) in [6.07, 6.45) is 3.47. The SMILES string of the molecule is CC1=NC2CC(Cl)CCC2O1. The van der Waals surface area contributed by atoms with Gasteiger partial charge in [-0.15, -0.1) is 11.6 Å². The first-order chi connectivity index (χ1) is 5.25. The van der Waals surface area contributed by atoms with Gasteiger partial charge in [-0.3, -0.25) is 0 Å². The molecule has 62 valence electrons. The van der Waals surface area contributed by atoms with Crippen LogP contribution >= 0.6 is 11.6 Å². The largest absolute Gasteiger partial charge is 0.476 e. The number of ether oxygens (including phenoxy) is 1. The molecule has 1 fully saturated rings. The van der Waals surface area contributed by atoms with Gasteiger partial charge < -0.3 is 4.74 Å². The molecule has 0 aromatic heterocycles. The molecular weight excluding hydrogens is 162 g/mol. The summed E-state index contributed by atoms with van der Waals surface area (Å²) in [6.45, 7) is 1.92. The van der Waals surface area contributed by atoms with Crippen LogP contribution in [-0.2, 0) is 4.74 Å². The van der Waals surface area contributed by atoms with Gasteiger partial charge in [0.25, 0.3) is 0 Å². The van der Waals surface area contributed by atoms with Gasteiger partial charge in [0, 0.05) is 12.3 Å². The fourth-order valence-corrected chi connectivity index (χ4v) is 2.13. The summed E-state index contributed by atoms with van der Waals surface area (Å²) in [6, 6.07) is 0.353. The van der Waals surface area contributed by atoms with Crippen molar-refractivity contribution in [3.05, 3.63) is 0 Å². The Bertz CT molecular complexity index is 193. The second-order valence-corrected chi connectivity index (χ2v) is 3.90. The highest BCUT2D eigenvalue weighted by Gasteiger charge is 2.34. The molecular formula is C8H12ClNO. The molecule has 3 atom stereocenters. The third-order valence-electron chi connectivity index (χ3n) is 2.36. The van der Waals surface area contributed by atoms with Crippen molar-refractivity contribution in [2.24, 2.45) is 4.99 Å². The highest BCUT2D eigenvalue weighted by atomic mass is 35.5. The van der Waals surface area contributed by atoms with Crippen LogP contribution in [0.2, 0.25) is 0 Å². The number of hydrogen-bond donors (Lipinski definition) is 0. The zero-order valence-corrected chi connectivity index (χ0v) is 7.34. The second kappa shape index (κ2) is 2.67. The maximum atomic E-state index is 6.01. The maximum absolute atomic E-state index is 6.01. The van der Waals surface area contributed by atoms with E-state index in [0.29, 0.717) is 17.5 Å². The van der Waals surface area contributed by atoms with E-state index in [1.807, 2.05) is 6.92 Å². The lowest BCUT2D eigenvalue weighted by atomic mass is 9.93. The monoisotopic (exact) mass is 173 g/mol. The minimum atomic E-state index is 0.314. The normalized spacial score (nSPS) is 42.7. The second-order valence-electron chi connectivity index (χ2n) is 3.28. The van der Waals surface area contributed by atoms with Gasteiger partial charge in [-0.1, -0.05) is 0 Å². The molecule has 1 saturated carbocycles. The Kier molecular flexibility index (Phi) is 1.80. The van der Waals surface area contributed by atoms with Gasteiger partial charge in [0.2, 0.25) is 0 Å². The predicted octanol–water partition coefficient (Wildman–Crippen LogP) is 1.96. The number of fused-ring (bicyclic) bond motifs is 1. The molecule has 0 saturated heterocycles. The van der Waals surface area contributed by atoms with Crippen LogP contribution in [0.3, 0.4) is 0 Å². The highest BCUT2D eigenvalue weighted by Crippen LogP contribution is 2.31. The Balaban J connectivity index is 2.05. The van der Waals surface area contributed by atoms with Crippen molar-refractivity contribution in [1.29, 1.82) is 0 Å². The molecule has 1 aliphatic carbocycles. The van der Waals surface area contributed by atoms with E-state index >= 15 is 0 Å². The summed E-state index contributed by atoms with van der Waals surface area (Å²) >= 11 is 6.01. The maximum Gasteiger partial charge on any atom is 0.180 e. The van der Waals surface area contributed by atoms with Crippen LogP contribution in [0.25, 0.3) is 0 Å². The zero-order valence-electron chi connectivity index (χ0n) is 6.59. The molecule has 0 aromatic rings. The minimum absolute atomic E-state index is 0.314. The van der Waals surface area contributed by atoms with Gasteiger partial charge in [-0.2, -0.15) is 0 Å². The molecule has 2 aliphatic rings. The Morgan fingerprint density at radius 2 is 2.36 bits per heavy atom. The molecule has 1 heterocycles. The molecule has 2 nitrogen and oxygen atoms in total. The molecule has 2 rings (SSSR count). The lowest BCUT2D eigenvalue weighted by Gasteiger charge is -2.25. The van der Waals surface area contributed by atoms with Gasteiger partial charge in [-0.05, 0) is 19.3 Å². The van der Waals surface area contributed by atoms with Crippen molar-refractivity contribution in [2.75, 3.05) is 0 Å². The standard InChI is InChI=1S/C8H12ClNO/c1-5-10-7-4-6(9)2-3-8(7)11-5/h6-8H,2-4H2,1H3. The number of alkyl halides is 1. The summed E-state index contributed by atoms with van der Waals surface area (Å²) in [4.78, 5) is 4.37. The fraction of sp³-hybridized carbons (Fsp3) is 0.875. The van der Waals surface area contributed by atoms with Crippen LogP contribution in [0.15, 0.2) is 4.99 Å². The van der Waals surface area contributed by atoms with Crippen molar-refractivity contribution in [2.45, 2.75) is 43.7 Å². The molecule has 3 heteroatoms. The van der Waals surface area contributed by atoms with E-state index in [9.17, 15) is 0 Å². The van der Waals surface area contributed by atoms with E-state index in [-0.39, 0.29) is 0 Å². The van der Waals surface area contributed by atoms with E-state index in [4.69, 9.17) is 16.3 Å². The van der Waals surface area contributed by atoms with Crippen molar-refractivity contribution < 1.29 is 4.74 Å². The van der Waals surface area contributed by atoms with Gasteiger partial charge in [-0.25, -0.2) is 4.99 Å². The van der Waals surface area contributed by atoms with E-state index in [2.05, 4.69) is 4.99 Å². The Morgan fingerprint density at radius 3 is 3.18 bits per heavy atom. The highest BCUT2D eigenvalue weighted by molar-refractivity contribution is 6.20. The van der Waals surface area contributed by atoms with Crippen LogP contribution in [0.4, 0.5) is 0 Å². The van der Waals surface area contributed by atoms with Crippen LogP contribution in [-0.4, -0.2) is 23.4 Å². The van der Waals surface area contributed by atoms with E-state index < -0.39 is 0 Å². The van der Waals surface area contributed by atoms with Gasteiger partial charge in [0.1, 0.15) is 6.10 Å². The molecule has 0 bridgehead atoms. The van der Waals surface area contributed by atoms with Gasteiger partial charge in [0.05, 0.1) is 6.04 Å². The first-order valence-electron chi connectivity index (χ1n) is 4.11. The number of halogens is 1. The third-order valence-corrected chi connectivity index (χ3v) is 2.76. The smallest absolute Gasteiger partial charge is 0.180 e. The van der Waals surface area contributed by atoms with Crippen LogP contribution in [0, 0.1) is 0 Å². The topological polar surface area (TPSA) is 21.6 Å². The van der Waals surface area contributed by atoms with Crippen molar-refractivity contribution >= 4 is 17.5 Å². The number of aliphatic imine (C=N–C) groups is 1. The van der Waals surface area contributed by atoms with Crippen LogP contribution < -0.4 is 0 Å². The number of hydrogen-bond acceptors (Lipinski definition) is 2. The number of rotatable bonds is 0. The molecule has 3 unspecified atom stereocenters. The fourth-order valence-electron chi connectivity index (χ4n) is 1.83. The molecule has 11 heavy (non-hydrogen) atoms. The van der Waals surface area contributed by atoms with Crippen molar-refractivity contribution in [3.8, 4) is 0 Å². The Hall–Kier alpha value is -0.240. The van der Waals surface area contributed by atoms with Crippen LogP contribution in [0.1, 0.15) is 26.2 Å². The minimum Gasteiger partial charge on any atom is -0.476 e. The molecule has 0 aromatic carbocycles. The zero-order chi connectivity index (χ0) is 7.84. The van der Waals surface area contributed by atoms with E-state index in [1.165, 1.54) is 0 Å². The summed E-state index contributed by atoms with van der Waals surface area (Å²) in [7, 11) is 0. The van der Waals surface area contributed by atoms with E-state index in [0.717, 1.165) is 25.2 Å². The summed E-state index contributed by atoms with van der Waals surface area (Å²) < 4.78 is 5.50. The average Bonchev–Trinajstić information content (AvgIpc) is 2.27. The molecule has 0 amide bonds. The first-order valence-corrected chi connectivity index (χ1v) is 4.54. The first kappa shape index (κ1) is 7.41. The quantitative estimate of drug-likeness (QED) is 0.514. The molecule has 0 spiro atoms. The van der Waals surface area contributed by atoms with Crippen molar-refractivity contribution in [1.82, 2.24) is 0 Å². The lowest BCUT2D eigenvalue weighted by molar-refractivity contribution is 0.153.